The van der Waals surface area contributed by atoms with Crippen molar-refractivity contribution in [1.29, 1.82) is 0 Å². The molecule has 0 fully saturated rings. The van der Waals surface area contributed by atoms with E-state index in [-0.39, 0.29) is 5.91 Å². The average Bonchev–Trinajstić information content (AvgIpc) is 2.39. The minimum absolute atomic E-state index is 0.0153. The fourth-order valence-electron chi connectivity index (χ4n) is 1.94. The number of nitrogens with zero attached hydrogens (tertiary/aromatic N) is 1. The number of likely N-dealkylation sites (N-methyl/N-ethyl adjacent to an activating group) is 1. The topological polar surface area (TPSA) is 58.4 Å². The Hall–Kier alpha value is -1.46. The summed E-state index contributed by atoms with van der Waals surface area (Å²) in [6.07, 6.45) is 2.21. The predicted molar refractivity (Wildman–Crippen MR) is 88.0 cm³/mol. The molecule has 0 aliphatic carbocycles. The van der Waals surface area contributed by atoms with Gasteiger partial charge in [0.1, 0.15) is 4.99 Å². The first-order valence-electron chi connectivity index (χ1n) is 6.84. The van der Waals surface area contributed by atoms with Gasteiger partial charge in [-0.25, -0.2) is 0 Å². The van der Waals surface area contributed by atoms with Crippen molar-refractivity contribution in [2.24, 2.45) is 5.73 Å². The largest absolute Gasteiger partial charge is 0.389 e. The number of anilines is 1. The summed E-state index contributed by atoms with van der Waals surface area (Å²) in [7, 11) is 1.97. The van der Waals surface area contributed by atoms with Gasteiger partial charge in [0, 0.05) is 17.3 Å². The standard InChI is InChI=1S/C15H23N3OS/c1-4-5-11(2)18(3)10-14(19)17-13-8-6-12(7-9-13)15(16)20/h6-9,11H,4-5,10H2,1-3H3,(H2,16,20)(H,17,19). The van der Waals surface area contributed by atoms with Crippen molar-refractivity contribution in [1.82, 2.24) is 4.90 Å². The summed E-state index contributed by atoms with van der Waals surface area (Å²) < 4.78 is 0. The second-order valence-electron chi connectivity index (χ2n) is 5.04. The molecule has 1 unspecified atom stereocenters. The van der Waals surface area contributed by atoms with Crippen LogP contribution < -0.4 is 11.1 Å². The highest BCUT2D eigenvalue weighted by Gasteiger charge is 2.12. The summed E-state index contributed by atoms with van der Waals surface area (Å²) in [5.41, 5.74) is 7.08. The van der Waals surface area contributed by atoms with Crippen molar-refractivity contribution in [3.63, 3.8) is 0 Å². The number of benzene rings is 1. The molecular formula is C15H23N3OS. The highest BCUT2D eigenvalue weighted by atomic mass is 32.1. The highest BCUT2D eigenvalue weighted by molar-refractivity contribution is 7.80. The normalized spacial score (nSPS) is 12.2. The fraction of sp³-hybridized carbons (Fsp3) is 0.467. The first-order chi connectivity index (χ1) is 9.43. The fourth-order valence-corrected chi connectivity index (χ4v) is 2.07. The molecule has 0 heterocycles. The zero-order valence-corrected chi connectivity index (χ0v) is 13.2. The molecule has 0 aliphatic rings. The van der Waals surface area contributed by atoms with Crippen molar-refractivity contribution < 1.29 is 4.79 Å². The monoisotopic (exact) mass is 293 g/mol. The minimum atomic E-state index is -0.0153. The molecule has 0 saturated heterocycles. The van der Waals surface area contributed by atoms with E-state index in [4.69, 9.17) is 18.0 Å². The number of nitrogens with two attached hydrogens (primary N) is 1. The lowest BCUT2D eigenvalue weighted by Gasteiger charge is -2.23. The number of amides is 1. The molecule has 1 rings (SSSR count). The van der Waals surface area contributed by atoms with Crippen molar-refractivity contribution in [3.8, 4) is 0 Å². The summed E-state index contributed by atoms with van der Waals surface area (Å²) >= 11 is 4.89. The summed E-state index contributed by atoms with van der Waals surface area (Å²) in [6.45, 7) is 4.67. The Bertz CT molecular complexity index is 459. The maximum absolute atomic E-state index is 11.9. The Morgan fingerprint density at radius 3 is 2.50 bits per heavy atom. The number of carbonyl (C=O) groups is 1. The van der Waals surface area contributed by atoms with E-state index >= 15 is 0 Å². The van der Waals surface area contributed by atoms with E-state index in [2.05, 4.69) is 24.1 Å². The van der Waals surface area contributed by atoms with Crippen molar-refractivity contribution >= 4 is 28.8 Å². The van der Waals surface area contributed by atoms with Crippen LogP contribution in [0.1, 0.15) is 32.3 Å². The third-order valence-electron chi connectivity index (χ3n) is 3.31. The van der Waals surface area contributed by atoms with Crippen molar-refractivity contribution in [2.45, 2.75) is 32.7 Å². The van der Waals surface area contributed by atoms with Crippen LogP contribution in [0.25, 0.3) is 0 Å². The lowest BCUT2D eigenvalue weighted by Crippen LogP contribution is -2.36. The Kier molecular flexibility index (Phi) is 6.61. The SMILES string of the molecule is CCCC(C)N(C)CC(=O)Nc1ccc(C(N)=S)cc1. The molecule has 0 saturated carbocycles. The van der Waals surface area contributed by atoms with Crippen LogP contribution in [-0.2, 0) is 4.79 Å². The second-order valence-corrected chi connectivity index (χ2v) is 5.48. The quantitative estimate of drug-likeness (QED) is 0.758. The van der Waals surface area contributed by atoms with E-state index in [1.165, 1.54) is 0 Å². The van der Waals surface area contributed by atoms with E-state index in [9.17, 15) is 4.79 Å². The molecule has 3 N–H and O–H groups in total. The molecule has 1 amide bonds. The molecule has 0 spiro atoms. The van der Waals surface area contributed by atoms with Crippen molar-refractivity contribution in [3.05, 3.63) is 29.8 Å². The maximum atomic E-state index is 11.9. The van der Waals surface area contributed by atoms with Gasteiger partial charge in [0.05, 0.1) is 6.54 Å². The van der Waals surface area contributed by atoms with Crippen LogP contribution in [0.15, 0.2) is 24.3 Å². The summed E-state index contributed by atoms with van der Waals surface area (Å²) in [5.74, 6) is -0.0153. The number of carbonyl (C=O) groups excluding carboxylic acids is 1. The molecule has 20 heavy (non-hydrogen) atoms. The van der Waals surface area contributed by atoms with Crippen LogP contribution in [0, 0.1) is 0 Å². The van der Waals surface area contributed by atoms with Gasteiger partial charge in [-0.15, -0.1) is 0 Å². The number of hydrogen-bond donors (Lipinski definition) is 2. The van der Waals surface area contributed by atoms with Crippen LogP contribution in [0.4, 0.5) is 5.69 Å². The van der Waals surface area contributed by atoms with E-state index in [0.717, 1.165) is 24.1 Å². The summed E-state index contributed by atoms with van der Waals surface area (Å²) in [4.78, 5) is 14.4. The van der Waals surface area contributed by atoms with E-state index in [1.54, 1.807) is 12.1 Å². The predicted octanol–water partition coefficient (Wildman–Crippen LogP) is 2.38. The van der Waals surface area contributed by atoms with Gasteiger partial charge < -0.3 is 11.1 Å². The molecule has 1 aromatic carbocycles. The molecule has 5 heteroatoms. The zero-order valence-electron chi connectivity index (χ0n) is 12.3. The summed E-state index contributed by atoms with van der Waals surface area (Å²) in [5, 5.41) is 2.87. The average molecular weight is 293 g/mol. The Morgan fingerprint density at radius 1 is 1.40 bits per heavy atom. The number of rotatable bonds is 7. The van der Waals surface area contributed by atoms with Crippen LogP contribution in [0.3, 0.4) is 0 Å². The second kappa shape index (κ2) is 7.97. The lowest BCUT2D eigenvalue weighted by molar-refractivity contribution is -0.117. The van der Waals surface area contributed by atoms with Gasteiger partial charge in [0.2, 0.25) is 5.91 Å². The van der Waals surface area contributed by atoms with E-state index in [1.807, 2.05) is 19.2 Å². The minimum Gasteiger partial charge on any atom is -0.389 e. The Labute approximate surface area is 126 Å². The number of hydrogen-bond acceptors (Lipinski definition) is 3. The van der Waals surface area contributed by atoms with Gasteiger partial charge >= 0.3 is 0 Å². The third-order valence-corrected chi connectivity index (χ3v) is 3.54. The molecular weight excluding hydrogens is 270 g/mol. The first-order valence-corrected chi connectivity index (χ1v) is 7.24. The van der Waals surface area contributed by atoms with Gasteiger partial charge in [-0.1, -0.05) is 25.6 Å². The first kappa shape index (κ1) is 16.6. The molecule has 0 bridgehead atoms. The van der Waals surface area contributed by atoms with Crippen molar-refractivity contribution in [2.75, 3.05) is 18.9 Å². The molecule has 0 aliphatic heterocycles. The smallest absolute Gasteiger partial charge is 0.238 e. The molecule has 1 aromatic rings. The van der Waals surface area contributed by atoms with Crippen LogP contribution in [0.2, 0.25) is 0 Å². The number of nitrogens with one attached hydrogen (secondary N) is 1. The molecule has 0 aromatic heterocycles. The van der Waals surface area contributed by atoms with Gasteiger partial charge in [-0.05, 0) is 44.7 Å². The zero-order chi connectivity index (χ0) is 15.1. The van der Waals surface area contributed by atoms with Gasteiger partial charge in [-0.2, -0.15) is 0 Å². The van der Waals surface area contributed by atoms with Crippen LogP contribution in [-0.4, -0.2) is 35.4 Å². The summed E-state index contributed by atoms with van der Waals surface area (Å²) in [6, 6.07) is 7.63. The van der Waals surface area contributed by atoms with Crippen LogP contribution in [0.5, 0.6) is 0 Å². The molecule has 1 atom stereocenters. The van der Waals surface area contributed by atoms with Gasteiger partial charge in [-0.3, -0.25) is 9.69 Å². The lowest BCUT2D eigenvalue weighted by atomic mass is 10.2. The molecule has 0 radical (unpaired) electrons. The van der Waals surface area contributed by atoms with Crippen LogP contribution >= 0.6 is 12.2 Å². The third kappa shape index (κ3) is 5.27. The highest BCUT2D eigenvalue weighted by Crippen LogP contribution is 2.10. The van der Waals surface area contributed by atoms with Gasteiger partial charge in [0.15, 0.2) is 0 Å². The van der Waals surface area contributed by atoms with Gasteiger partial charge in [0.25, 0.3) is 0 Å². The van der Waals surface area contributed by atoms with E-state index in [0.29, 0.717) is 17.6 Å². The maximum Gasteiger partial charge on any atom is 0.238 e. The Balaban J connectivity index is 2.51. The molecule has 110 valence electrons. The molecule has 4 nitrogen and oxygen atoms in total. The number of thiocarbonyl (C=S) groups is 1. The Morgan fingerprint density at radius 2 is 2.00 bits per heavy atom. The van der Waals surface area contributed by atoms with E-state index < -0.39 is 0 Å².